The fourth-order valence-corrected chi connectivity index (χ4v) is 2.05. The van der Waals surface area contributed by atoms with Crippen molar-refractivity contribution in [3.05, 3.63) is 23.8 Å². The number of benzene rings is 1. The number of hydrogen-bond donors (Lipinski definition) is 3. The highest BCUT2D eigenvalue weighted by molar-refractivity contribution is 6.02. The van der Waals surface area contributed by atoms with Crippen LogP contribution in [-0.4, -0.2) is 34.8 Å². The molecule has 2 rings (SSSR count). The van der Waals surface area contributed by atoms with E-state index in [9.17, 15) is 14.7 Å². The summed E-state index contributed by atoms with van der Waals surface area (Å²) in [6, 6.07) is 3.77. The van der Waals surface area contributed by atoms with Gasteiger partial charge in [0.25, 0.3) is 5.91 Å². The van der Waals surface area contributed by atoms with Crippen LogP contribution in [0.3, 0.4) is 0 Å². The lowest BCUT2D eigenvalue weighted by Gasteiger charge is -2.15. The monoisotopic (exact) mass is 265 g/mol. The number of hydrogen-bond acceptors (Lipinski definition) is 4. The molecule has 0 radical (unpaired) electrons. The highest BCUT2D eigenvalue weighted by atomic mass is 16.5. The summed E-state index contributed by atoms with van der Waals surface area (Å²) in [7, 11) is 0. The van der Waals surface area contributed by atoms with E-state index in [0.717, 1.165) is 12.5 Å². The number of carbonyl (C=O) groups is 2. The van der Waals surface area contributed by atoms with Gasteiger partial charge in [-0.3, -0.25) is 4.79 Å². The van der Waals surface area contributed by atoms with E-state index in [1.165, 1.54) is 12.1 Å². The molecule has 0 saturated carbocycles. The molecule has 6 heteroatoms. The normalized spacial score (nSPS) is 22.2. The van der Waals surface area contributed by atoms with Crippen molar-refractivity contribution in [3.8, 4) is 5.75 Å². The average molecular weight is 265 g/mol. The number of phenols is 1. The predicted molar refractivity (Wildman–Crippen MR) is 67.2 cm³/mol. The van der Waals surface area contributed by atoms with E-state index < -0.39 is 12.1 Å². The van der Waals surface area contributed by atoms with Gasteiger partial charge >= 0.3 is 5.97 Å². The van der Waals surface area contributed by atoms with Crippen LogP contribution in [0.2, 0.25) is 0 Å². The van der Waals surface area contributed by atoms with Crippen LogP contribution in [0.5, 0.6) is 5.75 Å². The van der Waals surface area contributed by atoms with E-state index in [0.29, 0.717) is 6.61 Å². The van der Waals surface area contributed by atoms with Crippen molar-refractivity contribution in [2.24, 2.45) is 5.92 Å². The van der Waals surface area contributed by atoms with Crippen molar-refractivity contribution in [2.75, 3.05) is 11.9 Å². The van der Waals surface area contributed by atoms with Crippen molar-refractivity contribution < 1.29 is 24.5 Å². The molecule has 0 bridgehead atoms. The summed E-state index contributed by atoms with van der Waals surface area (Å²) in [5, 5.41) is 20.8. The molecule has 0 spiro atoms. The van der Waals surface area contributed by atoms with Crippen LogP contribution in [0.15, 0.2) is 18.2 Å². The number of aromatic hydroxyl groups is 1. The molecule has 1 aliphatic rings. The van der Waals surface area contributed by atoms with E-state index in [1.807, 2.05) is 6.92 Å². The number of amides is 1. The molecule has 1 amide bonds. The largest absolute Gasteiger partial charge is 0.508 e. The molecule has 3 N–H and O–H groups in total. The SMILES string of the molecule is CC1CCOC1C(=O)Nc1ccc(O)cc1C(=O)O. The Labute approximate surface area is 110 Å². The third-order valence-corrected chi connectivity index (χ3v) is 3.14. The third-order valence-electron chi connectivity index (χ3n) is 3.14. The number of carboxylic acids is 1. The summed E-state index contributed by atoms with van der Waals surface area (Å²) in [5.41, 5.74) is -0.00278. The highest BCUT2D eigenvalue weighted by Crippen LogP contribution is 2.25. The first-order valence-electron chi connectivity index (χ1n) is 5.98. The smallest absolute Gasteiger partial charge is 0.337 e. The fraction of sp³-hybridized carbons (Fsp3) is 0.385. The molecule has 1 fully saturated rings. The summed E-state index contributed by atoms with van der Waals surface area (Å²) in [6.45, 7) is 2.44. The topological polar surface area (TPSA) is 95.9 Å². The summed E-state index contributed by atoms with van der Waals surface area (Å²) >= 11 is 0. The molecule has 2 atom stereocenters. The third kappa shape index (κ3) is 2.85. The Morgan fingerprint density at radius 3 is 2.74 bits per heavy atom. The van der Waals surface area contributed by atoms with E-state index in [2.05, 4.69) is 5.32 Å². The summed E-state index contributed by atoms with van der Waals surface area (Å²) in [5.74, 6) is -1.64. The standard InChI is InChI=1S/C13H15NO5/c1-7-4-5-19-11(7)12(16)14-10-3-2-8(15)6-9(10)13(17)18/h2-3,6-7,11,15H,4-5H2,1H3,(H,14,16)(H,17,18). The lowest BCUT2D eigenvalue weighted by atomic mass is 10.0. The minimum atomic E-state index is -1.22. The van der Waals surface area contributed by atoms with Gasteiger partial charge in [-0.15, -0.1) is 0 Å². The summed E-state index contributed by atoms with van der Waals surface area (Å²) < 4.78 is 5.31. The van der Waals surface area contributed by atoms with Gasteiger partial charge in [0.2, 0.25) is 0 Å². The van der Waals surface area contributed by atoms with Crippen LogP contribution in [-0.2, 0) is 9.53 Å². The van der Waals surface area contributed by atoms with Gasteiger partial charge < -0.3 is 20.3 Å². The molecular formula is C13H15NO5. The lowest BCUT2D eigenvalue weighted by molar-refractivity contribution is -0.126. The zero-order chi connectivity index (χ0) is 14.0. The van der Waals surface area contributed by atoms with Gasteiger partial charge in [0, 0.05) is 6.61 Å². The van der Waals surface area contributed by atoms with Gasteiger partial charge in [-0.2, -0.15) is 0 Å². The molecule has 19 heavy (non-hydrogen) atoms. The Kier molecular flexibility index (Phi) is 3.71. The first kappa shape index (κ1) is 13.4. The van der Waals surface area contributed by atoms with Crippen molar-refractivity contribution in [1.82, 2.24) is 0 Å². The van der Waals surface area contributed by atoms with Gasteiger partial charge in [-0.1, -0.05) is 6.92 Å². The van der Waals surface area contributed by atoms with Crippen LogP contribution in [0, 0.1) is 5.92 Å². The molecule has 6 nitrogen and oxygen atoms in total. The molecule has 1 saturated heterocycles. The average Bonchev–Trinajstić information content (AvgIpc) is 2.77. The van der Waals surface area contributed by atoms with Crippen molar-refractivity contribution in [2.45, 2.75) is 19.4 Å². The first-order valence-corrected chi connectivity index (χ1v) is 5.98. The number of ether oxygens (including phenoxy) is 1. The molecular weight excluding hydrogens is 250 g/mol. The molecule has 0 aromatic heterocycles. The van der Waals surface area contributed by atoms with Crippen molar-refractivity contribution >= 4 is 17.6 Å². The molecule has 0 aliphatic carbocycles. The molecule has 1 aliphatic heterocycles. The number of carboxylic acid groups (broad SMARTS) is 1. The predicted octanol–water partition coefficient (Wildman–Crippen LogP) is 1.45. The zero-order valence-corrected chi connectivity index (χ0v) is 10.4. The van der Waals surface area contributed by atoms with Crippen molar-refractivity contribution in [3.63, 3.8) is 0 Å². The van der Waals surface area contributed by atoms with Crippen LogP contribution in [0.25, 0.3) is 0 Å². The van der Waals surface area contributed by atoms with Crippen LogP contribution in [0.4, 0.5) is 5.69 Å². The number of nitrogens with one attached hydrogen (secondary N) is 1. The maximum Gasteiger partial charge on any atom is 0.337 e. The number of rotatable bonds is 3. The Morgan fingerprint density at radius 1 is 1.42 bits per heavy atom. The summed E-state index contributed by atoms with van der Waals surface area (Å²) in [4.78, 5) is 23.0. The minimum absolute atomic E-state index is 0.102. The summed E-state index contributed by atoms with van der Waals surface area (Å²) in [6.07, 6.45) is 0.245. The Balaban J connectivity index is 2.19. The number of phenolic OH excluding ortho intramolecular Hbond substituents is 1. The minimum Gasteiger partial charge on any atom is -0.508 e. The molecule has 2 unspecified atom stereocenters. The Morgan fingerprint density at radius 2 is 2.16 bits per heavy atom. The van der Waals surface area contributed by atoms with Gasteiger partial charge in [-0.25, -0.2) is 4.79 Å². The van der Waals surface area contributed by atoms with E-state index in [1.54, 1.807) is 0 Å². The maximum atomic E-state index is 12.0. The van der Waals surface area contributed by atoms with Gasteiger partial charge in [-0.05, 0) is 30.5 Å². The number of anilines is 1. The quantitative estimate of drug-likeness (QED) is 0.719. The maximum absolute atomic E-state index is 12.0. The highest BCUT2D eigenvalue weighted by Gasteiger charge is 2.31. The van der Waals surface area contributed by atoms with Crippen LogP contribution in [0.1, 0.15) is 23.7 Å². The Bertz CT molecular complexity index is 514. The Hall–Kier alpha value is -2.08. The van der Waals surface area contributed by atoms with Gasteiger partial charge in [0.15, 0.2) is 0 Å². The fourth-order valence-electron chi connectivity index (χ4n) is 2.05. The van der Waals surface area contributed by atoms with Crippen LogP contribution < -0.4 is 5.32 Å². The second-order valence-electron chi connectivity index (χ2n) is 4.58. The first-order chi connectivity index (χ1) is 8.99. The van der Waals surface area contributed by atoms with Crippen molar-refractivity contribution in [1.29, 1.82) is 0 Å². The van der Waals surface area contributed by atoms with E-state index >= 15 is 0 Å². The number of aromatic carboxylic acids is 1. The van der Waals surface area contributed by atoms with Gasteiger partial charge in [0.05, 0.1) is 11.3 Å². The second kappa shape index (κ2) is 5.27. The van der Waals surface area contributed by atoms with Crippen LogP contribution >= 0.6 is 0 Å². The molecule has 102 valence electrons. The molecule has 1 aromatic rings. The zero-order valence-electron chi connectivity index (χ0n) is 10.4. The van der Waals surface area contributed by atoms with E-state index in [-0.39, 0.29) is 28.8 Å². The molecule has 1 aromatic carbocycles. The van der Waals surface area contributed by atoms with Gasteiger partial charge in [0.1, 0.15) is 11.9 Å². The number of carbonyl (C=O) groups excluding carboxylic acids is 1. The van der Waals surface area contributed by atoms with E-state index in [4.69, 9.17) is 9.84 Å². The lowest BCUT2D eigenvalue weighted by Crippen LogP contribution is -2.31. The second-order valence-corrected chi connectivity index (χ2v) is 4.58. The molecule has 1 heterocycles.